The molecule has 1 aromatic carbocycles. The largest absolute Gasteiger partial charge is 0.490 e. The maximum Gasteiger partial charge on any atom is 0.163 e. The Morgan fingerprint density at radius 3 is 2.71 bits per heavy atom. The monoisotopic (exact) mass is 293 g/mol. The fraction of sp³-hybridized carbons (Fsp3) is 0.647. The van der Waals surface area contributed by atoms with Crippen LogP contribution < -0.4 is 14.8 Å². The Labute approximate surface area is 127 Å². The van der Waals surface area contributed by atoms with Crippen LogP contribution in [0.15, 0.2) is 18.2 Å². The first-order valence-electron chi connectivity index (χ1n) is 8.08. The Morgan fingerprint density at radius 2 is 2.00 bits per heavy atom. The van der Waals surface area contributed by atoms with Gasteiger partial charge < -0.3 is 19.5 Å². The van der Waals surface area contributed by atoms with Crippen LogP contribution in [0.1, 0.15) is 39.5 Å². The Morgan fingerprint density at radius 1 is 1.19 bits per heavy atom. The summed E-state index contributed by atoms with van der Waals surface area (Å²) >= 11 is 0. The second kappa shape index (κ2) is 8.78. The third-order valence-corrected chi connectivity index (χ3v) is 3.60. The smallest absolute Gasteiger partial charge is 0.163 e. The minimum absolute atomic E-state index is 0.478. The fourth-order valence-corrected chi connectivity index (χ4v) is 2.60. The molecule has 0 aromatic heterocycles. The van der Waals surface area contributed by atoms with E-state index in [9.17, 15) is 0 Å². The summed E-state index contributed by atoms with van der Waals surface area (Å²) in [5.41, 5.74) is 1.08. The summed E-state index contributed by atoms with van der Waals surface area (Å²) in [5, 5.41) is 3.45. The van der Waals surface area contributed by atoms with Crippen LogP contribution in [0.2, 0.25) is 0 Å². The molecular formula is C17H27NO3. The highest BCUT2D eigenvalue weighted by Crippen LogP contribution is 2.30. The van der Waals surface area contributed by atoms with Crippen molar-refractivity contribution in [2.24, 2.45) is 0 Å². The number of rotatable bonds is 9. The zero-order valence-corrected chi connectivity index (χ0v) is 13.2. The zero-order valence-electron chi connectivity index (χ0n) is 13.2. The van der Waals surface area contributed by atoms with Crippen LogP contribution in [-0.4, -0.2) is 32.5 Å². The second-order valence-electron chi connectivity index (χ2n) is 5.23. The van der Waals surface area contributed by atoms with Gasteiger partial charge in [0.1, 0.15) is 0 Å². The summed E-state index contributed by atoms with van der Waals surface area (Å²) < 4.78 is 16.8. The molecule has 0 bridgehead atoms. The van der Waals surface area contributed by atoms with E-state index in [2.05, 4.69) is 5.32 Å². The maximum atomic E-state index is 5.63. The van der Waals surface area contributed by atoms with Crippen LogP contribution in [-0.2, 0) is 4.74 Å². The molecule has 1 unspecified atom stereocenters. The minimum atomic E-state index is 0.478. The SMILES string of the molecule is CCOc1ccc(NCCCC2CCCO2)cc1OCC. The van der Waals surface area contributed by atoms with Gasteiger partial charge in [0.2, 0.25) is 0 Å². The van der Waals surface area contributed by atoms with E-state index in [0.29, 0.717) is 19.3 Å². The molecule has 1 aliphatic heterocycles. The second-order valence-corrected chi connectivity index (χ2v) is 5.23. The summed E-state index contributed by atoms with van der Waals surface area (Å²) in [4.78, 5) is 0. The molecule has 1 N–H and O–H groups in total. The van der Waals surface area contributed by atoms with Crippen LogP contribution in [0.5, 0.6) is 11.5 Å². The van der Waals surface area contributed by atoms with E-state index in [1.165, 1.54) is 12.8 Å². The summed E-state index contributed by atoms with van der Waals surface area (Å²) in [6.45, 7) is 7.15. The van der Waals surface area contributed by atoms with Crippen molar-refractivity contribution in [3.05, 3.63) is 18.2 Å². The molecule has 4 heteroatoms. The highest BCUT2D eigenvalue weighted by Gasteiger charge is 2.14. The van der Waals surface area contributed by atoms with Crippen LogP contribution in [0.25, 0.3) is 0 Å². The van der Waals surface area contributed by atoms with Gasteiger partial charge in [-0.1, -0.05) is 0 Å². The van der Waals surface area contributed by atoms with E-state index in [1.54, 1.807) is 0 Å². The van der Waals surface area contributed by atoms with E-state index in [-0.39, 0.29) is 0 Å². The summed E-state index contributed by atoms with van der Waals surface area (Å²) in [6, 6.07) is 6.02. The van der Waals surface area contributed by atoms with Crippen LogP contribution in [0.4, 0.5) is 5.69 Å². The van der Waals surface area contributed by atoms with Gasteiger partial charge >= 0.3 is 0 Å². The first kappa shape index (κ1) is 16.0. The fourth-order valence-electron chi connectivity index (χ4n) is 2.60. The summed E-state index contributed by atoms with van der Waals surface area (Å²) in [6.07, 6.45) is 5.18. The Bertz CT molecular complexity index is 416. The molecular weight excluding hydrogens is 266 g/mol. The topological polar surface area (TPSA) is 39.7 Å². The highest BCUT2D eigenvalue weighted by atomic mass is 16.5. The highest BCUT2D eigenvalue weighted by molar-refractivity contribution is 5.54. The Kier molecular flexibility index (Phi) is 6.67. The average molecular weight is 293 g/mol. The first-order chi connectivity index (χ1) is 10.3. The van der Waals surface area contributed by atoms with Gasteiger partial charge in [-0.25, -0.2) is 0 Å². The van der Waals surface area contributed by atoms with Crippen LogP contribution in [0, 0.1) is 0 Å². The van der Waals surface area contributed by atoms with Crippen LogP contribution >= 0.6 is 0 Å². The predicted octanol–water partition coefficient (Wildman–Crippen LogP) is 3.86. The lowest BCUT2D eigenvalue weighted by Gasteiger charge is -2.14. The first-order valence-corrected chi connectivity index (χ1v) is 8.08. The number of hydrogen-bond acceptors (Lipinski definition) is 4. The predicted molar refractivity (Wildman–Crippen MR) is 85.5 cm³/mol. The molecule has 2 rings (SSSR count). The molecule has 1 aliphatic rings. The lowest BCUT2D eigenvalue weighted by atomic mass is 10.1. The lowest BCUT2D eigenvalue weighted by Crippen LogP contribution is -2.09. The summed E-state index contributed by atoms with van der Waals surface area (Å²) in [7, 11) is 0. The van der Waals surface area contributed by atoms with E-state index < -0.39 is 0 Å². The van der Waals surface area contributed by atoms with Crippen molar-refractivity contribution in [3.8, 4) is 11.5 Å². The average Bonchev–Trinajstić information content (AvgIpc) is 3.00. The van der Waals surface area contributed by atoms with E-state index in [4.69, 9.17) is 14.2 Å². The Hall–Kier alpha value is -1.42. The quantitative estimate of drug-likeness (QED) is 0.702. The number of ether oxygens (including phenoxy) is 3. The molecule has 0 amide bonds. The maximum absolute atomic E-state index is 5.63. The number of benzene rings is 1. The molecule has 0 radical (unpaired) electrons. The van der Waals surface area contributed by atoms with Gasteiger partial charge in [0.25, 0.3) is 0 Å². The molecule has 0 spiro atoms. The van der Waals surface area contributed by atoms with Crippen molar-refractivity contribution >= 4 is 5.69 Å². The van der Waals surface area contributed by atoms with Gasteiger partial charge in [-0.05, 0) is 51.7 Å². The molecule has 21 heavy (non-hydrogen) atoms. The van der Waals surface area contributed by atoms with Crippen molar-refractivity contribution in [2.75, 3.05) is 31.7 Å². The lowest BCUT2D eigenvalue weighted by molar-refractivity contribution is 0.103. The van der Waals surface area contributed by atoms with E-state index in [1.807, 2.05) is 32.0 Å². The van der Waals surface area contributed by atoms with Gasteiger partial charge in [-0.15, -0.1) is 0 Å². The van der Waals surface area contributed by atoms with Crippen molar-refractivity contribution in [1.29, 1.82) is 0 Å². The molecule has 118 valence electrons. The van der Waals surface area contributed by atoms with E-state index in [0.717, 1.165) is 43.2 Å². The molecule has 1 aromatic rings. The molecule has 1 heterocycles. The van der Waals surface area contributed by atoms with Gasteiger partial charge in [-0.2, -0.15) is 0 Å². The van der Waals surface area contributed by atoms with Crippen molar-refractivity contribution in [2.45, 2.75) is 45.6 Å². The zero-order chi connectivity index (χ0) is 14.9. The van der Waals surface area contributed by atoms with Crippen molar-refractivity contribution in [1.82, 2.24) is 0 Å². The Balaban J connectivity index is 1.80. The van der Waals surface area contributed by atoms with Crippen molar-refractivity contribution in [3.63, 3.8) is 0 Å². The van der Waals surface area contributed by atoms with Crippen molar-refractivity contribution < 1.29 is 14.2 Å². The minimum Gasteiger partial charge on any atom is -0.490 e. The van der Waals surface area contributed by atoms with Gasteiger partial charge in [-0.3, -0.25) is 0 Å². The molecule has 0 aliphatic carbocycles. The van der Waals surface area contributed by atoms with Gasteiger partial charge in [0.05, 0.1) is 19.3 Å². The van der Waals surface area contributed by atoms with Crippen LogP contribution in [0.3, 0.4) is 0 Å². The standard InChI is InChI=1S/C17H27NO3/c1-3-19-16-10-9-14(13-17(16)20-4-2)18-11-5-7-15-8-6-12-21-15/h9-10,13,15,18H,3-8,11-12H2,1-2H3. The van der Waals surface area contributed by atoms with Gasteiger partial charge in [0.15, 0.2) is 11.5 Å². The molecule has 1 atom stereocenters. The van der Waals surface area contributed by atoms with E-state index >= 15 is 0 Å². The molecule has 1 fully saturated rings. The molecule has 1 saturated heterocycles. The third kappa shape index (κ3) is 5.12. The normalized spacial score (nSPS) is 17.7. The molecule has 0 saturated carbocycles. The number of nitrogens with one attached hydrogen (secondary N) is 1. The number of hydrogen-bond donors (Lipinski definition) is 1. The third-order valence-electron chi connectivity index (χ3n) is 3.60. The summed E-state index contributed by atoms with van der Waals surface area (Å²) in [5.74, 6) is 1.62. The number of anilines is 1. The molecule has 4 nitrogen and oxygen atoms in total. The van der Waals surface area contributed by atoms with Gasteiger partial charge in [0, 0.05) is 24.9 Å².